The molecule has 2 amide bonds. The van der Waals surface area contributed by atoms with E-state index in [1.165, 1.54) is 24.1 Å². The maximum absolute atomic E-state index is 14.5. The molecule has 0 bridgehead atoms. The summed E-state index contributed by atoms with van der Waals surface area (Å²) in [6.45, 7) is 1.17. The molecule has 0 saturated carbocycles. The first-order chi connectivity index (χ1) is 23.5. The molecule has 11 heteroatoms. The van der Waals surface area contributed by atoms with E-state index >= 15 is 0 Å². The van der Waals surface area contributed by atoms with Gasteiger partial charge in [-0.05, 0) is 78.7 Å². The Morgan fingerprint density at radius 2 is 1.41 bits per heavy atom. The predicted molar refractivity (Wildman–Crippen MR) is 194 cm³/mol. The quantitative estimate of drug-likeness (QED) is 0.135. The van der Waals surface area contributed by atoms with Gasteiger partial charge in [-0.1, -0.05) is 95.5 Å². The fourth-order valence-corrected chi connectivity index (χ4v) is 7.11. The van der Waals surface area contributed by atoms with Crippen molar-refractivity contribution in [2.45, 2.75) is 30.8 Å². The monoisotopic (exact) mass is 715 g/mol. The summed E-state index contributed by atoms with van der Waals surface area (Å²) in [5.41, 5.74) is 2.47. The summed E-state index contributed by atoms with van der Waals surface area (Å²) >= 11 is 12.7. The molecule has 0 heterocycles. The molecule has 5 aromatic carbocycles. The SMILES string of the molecule is CNC(=O)[C@@H](Cc1ccccc1)N(Cc1ccc(Cl)cc1Cl)C(=O)CN(c1ccc(Oc2ccccc2)cc1)S(=O)(=O)c1ccc(C)cc1. The fraction of sp³-hybridized carbons (Fsp3) is 0.158. The Labute approximate surface area is 296 Å². The van der Waals surface area contributed by atoms with Crippen LogP contribution in [0.25, 0.3) is 0 Å². The van der Waals surface area contributed by atoms with Crippen molar-refractivity contribution in [2.24, 2.45) is 0 Å². The first-order valence-corrected chi connectivity index (χ1v) is 17.7. The smallest absolute Gasteiger partial charge is 0.264 e. The summed E-state index contributed by atoms with van der Waals surface area (Å²) in [6, 6.07) is 35.2. The van der Waals surface area contributed by atoms with Gasteiger partial charge < -0.3 is 15.0 Å². The van der Waals surface area contributed by atoms with Gasteiger partial charge in [-0.15, -0.1) is 0 Å². The van der Waals surface area contributed by atoms with Gasteiger partial charge in [-0.3, -0.25) is 13.9 Å². The molecule has 0 aliphatic carbocycles. The van der Waals surface area contributed by atoms with Crippen molar-refractivity contribution in [3.63, 3.8) is 0 Å². The third-order valence-corrected chi connectivity index (χ3v) is 10.2. The van der Waals surface area contributed by atoms with Crippen molar-refractivity contribution in [3.8, 4) is 11.5 Å². The van der Waals surface area contributed by atoms with Gasteiger partial charge in [0.05, 0.1) is 10.6 Å². The van der Waals surface area contributed by atoms with Crippen LogP contribution in [0.4, 0.5) is 5.69 Å². The number of sulfonamides is 1. The van der Waals surface area contributed by atoms with Crippen LogP contribution in [0.3, 0.4) is 0 Å². The Morgan fingerprint density at radius 1 is 0.796 bits per heavy atom. The maximum atomic E-state index is 14.5. The van der Waals surface area contributed by atoms with Crippen LogP contribution in [0.2, 0.25) is 10.0 Å². The van der Waals surface area contributed by atoms with E-state index in [-0.39, 0.29) is 23.5 Å². The Morgan fingerprint density at radius 3 is 2.02 bits per heavy atom. The topological polar surface area (TPSA) is 96.0 Å². The second-order valence-corrected chi connectivity index (χ2v) is 14.0. The highest BCUT2D eigenvalue weighted by Gasteiger charge is 2.34. The van der Waals surface area contributed by atoms with Gasteiger partial charge >= 0.3 is 0 Å². The van der Waals surface area contributed by atoms with Crippen molar-refractivity contribution < 1.29 is 22.7 Å². The lowest BCUT2D eigenvalue weighted by Gasteiger charge is -2.33. The number of benzene rings is 5. The van der Waals surface area contributed by atoms with E-state index in [0.717, 1.165) is 15.4 Å². The fourth-order valence-electron chi connectivity index (χ4n) is 5.23. The third-order valence-electron chi connectivity index (χ3n) is 7.86. The van der Waals surface area contributed by atoms with Crippen LogP contribution in [0, 0.1) is 6.92 Å². The summed E-state index contributed by atoms with van der Waals surface area (Å²) < 4.78 is 35.5. The van der Waals surface area contributed by atoms with E-state index in [0.29, 0.717) is 27.1 Å². The van der Waals surface area contributed by atoms with Crippen LogP contribution >= 0.6 is 23.2 Å². The number of likely N-dealkylation sites (N-methyl/N-ethyl adjacent to an activating group) is 1. The predicted octanol–water partition coefficient (Wildman–Crippen LogP) is 7.68. The average molecular weight is 717 g/mol. The van der Waals surface area contributed by atoms with E-state index in [9.17, 15) is 18.0 Å². The summed E-state index contributed by atoms with van der Waals surface area (Å²) in [5, 5.41) is 3.39. The lowest BCUT2D eigenvalue weighted by atomic mass is 10.0. The molecular formula is C38H35Cl2N3O5S. The van der Waals surface area contributed by atoms with Crippen LogP contribution in [0.5, 0.6) is 11.5 Å². The van der Waals surface area contributed by atoms with Crippen molar-refractivity contribution in [1.29, 1.82) is 0 Å². The van der Waals surface area contributed by atoms with E-state index in [1.54, 1.807) is 66.7 Å². The third kappa shape index (κ3) is 9.00. The number of rotatable bonds is 13. The number of aryl methyl sites for hydroxylation is 1. The van der Waals surface area contributed by atoms with Gasteiger partial charge in [-0.2, -0.15) is 0 Å². The normalized spacial score (nSPS) is 11.8. The van der Waals surface area contributed by atoms with Crippen LogP contribution in [0.1, 0.15) is 16.7 Å². The zero-order valence-electron chi connectivity index (χ0n) is 26.9. The second kappa shape index (κ2) is 16.0. The molecule has 0 fully saturated rings. The first kappa shape index (κ1) is 35.5. The first-order valence-electron chi connectivity index (χ1n) is 15.5. The number of para-hydroxylation sites is 1. The Hall–Kier alpha value is -4.83. The highest BCUT2D eigenvalue weighted by atomic mass is 35.5. The number of halogens is 2. The Kier molecular flexibility index (Phi) is 11.6. The van der Waals surface area contributed by atoms with Gasteiger partial charge in [0.15, 0.2) is 0 Å². The number of hydrogen-bond donors (Lipinski definition) is 1. The van der Waals surface area contributed by atoms with Crippen LogP contribution in [-0.2, 0) is 32.6 Å². The molecule has 0 aliphatic rings. The molecule has 1 N–H and O–H groups in total. The number of nitrogens with zero attached hydrogens (tertiary/aromatic N) is 2. The number of ether oxygens (including phenoxy) is 1. The summed E-state index contributed by atoms with van der Waals surface area (Å²) in [4.78, 5) is 29.4. The maximum Gasteiger partial charge on any atom is 0.264 e. The van der Waals surface area contributed by atoms with E-state index < -0.39 is 34.4 Å². The largest absolute Gasteiger partial charge is 0.457 e. The van der Waals surface area contributed by atoms with Crippen molar-refractivity contribution in [3.05, 3.63) is 154 Å². The molecular weight excluding hydrogens is 681 g/mol. The molecule has 0 aliphatic heterocycles. The summed E-state index contributed by atoms with van der Waals surface area (Å²) in [7, 11) is -2.78. The van der Waals surface area contributed by atoms with Crippen LogP contribution in [0.15, 0.2) is 132 Å². The molecule has 0 unspecified atom stereocenters. The lowest BCUT2D eigenvalue weighted by Crippen LogP contribution is -2.53. The van der Waals surface area contributed by atoms with E-state index in [2.05, 4.69) is 5.32 Å². The Bertz CT molecular complexity index is 1990. The minimum absolute atomic E-state index is 0.00921. The van der Waals surface area contributed by atoms with Crippen molar-refractivity contribution in [1.82, 2.24) is 10.2 Å². The average Bonchev–Trinajstić information content (AvgIpc) is 3.10. The van der Waals surface area contributed by atoms with E-state index in [4.69, 9.17) is 27.9 Å². The van der Waals surface area contributed by atoms with Gasteiger partial charge in [-0.25, -0.2) is 8.42 Å². The van der Waals surface area contributed by atoms with Crippen molar-refractivity contribution in [2.75, 3.05) is 17.9 Å². The highest BCUT2D eigenvalue weighted by molar-refractivity contribution is 7.92. The molecule has 0 radical (unpaired) electrons. The molecule has 5 aromatic rings. The zero-order valence-corrected chi connectivity index (χ0v) is 29.3. The summed E-state index contributed by atoms with van der Waals surface area (Å²) in [6.07, 6.45) is 0.174. The molecule has 49 heavy (non-hydrogen) atoms. The zero-order chi connectivity index (χ0) is 35.0. The van der Waals surface area contributed by atoms with Gasteiger partial charge in [0.25, 0.3) is 10.0 Å². The lowest BCUT2D eigenvalue weighted by molar-refractivity contribution is -0.139. The molecule has 0 spiro atoms. The molecule has 0 aromatic heterocycles. The molecule has 8 nitrogen and oxygen atoms in total. The number of carbonyl (C=O) groups excluding carboxylic acids is 2. The number of hydrogen-bond acceptors (Lipinski definition) is 5. The second-order valence-electron chi connectivity index (χ2n) is 11.3. The van der Waals surface area contributed by atoms with E-state index in [1.807, 2.05) is 55.5 Å². The summed E-state index contributed by atoms with van der Waals surface area (Å²) in [5.74, 6) is 0.0636. The molecule has 0 saturated heterocycles. The molecule has 252 valence electrons. The minimum atomic E-state index is -4.27. The molecule has 5 rings (SSSR count). The van der Waals surface area contributed by atoms with Gasteiger partial charge in [0.1, 0.15) is 24.1 Å². The van der Waals surface area contributed by atoms with Gasteiger partial charge in [0.2, 0.25) is 11.8 Å². The number of amides is 2. The highest BCUT2D eigenvalue weighted by Crippen LogP contribution is 2.30. The standard InChI is InChI=1S/C38H35Cl2N3O5S/c1-27-13-21-34(22-14-27)49(46,47)43(31-17-19-33(20-18-31)48-32-11-7-4-8-12-32)26-37(44)42(25-29-15-16-30(39)24-35(29)40)36(38(45)41-2)23-28-9-5-3-6-10-28/h3-22,24,36H,23,25-26H2,1-2H3,(H,41,45)/t36-/m1/s1. The van der Waals surface area contributed by atoms with Crippen LogP contribution < -0.4 is 14.4 Å². The number of anilines is 1. The van der Waals surface area contributed by atoms with Crippen molar-refractivity contribution >= 4 is 50.7 Å². The number of carbonyl (C=O) groups is 2. The van der Waals surface area contributed by atoms with Crippen LogP contribution in [-0.4, -0.2) is 44.8 Å². The Balaban J connectivity index is 1.56. The molecule has 1 atom stereocenters. The minimum Gasteiger partial charge on any atom is -0.457 e. The number of nitrogens with one attached hydrogen (secondary N) is 1. The van der Waals surface area contributed by atoms with Gasteiger partial charge in [0, 0.05) is 30.1 Å².